The molecule has 0 amide bonds. The van der Waals surface area contributed by atoms with Gasteiger partial charge in [-0.2, -0.15) is 0 Å². The van der Waals surface area contributed by atoms with Gasteiger partial charge in [0.15, 0.2) is 0 Å². The van der Waals surface area contributed by atoms with Gasteiger partial charge >= 0.3 is 0 Å². The standard InChI is InChI=1S/C12H7Br3ClNO2S/c13-7-1-3-9(14)12(5-7)20(18,19)17-11-4-2-8(16)6-10(11)15/h1-6,17H. The van der Waals surface area contributed by atoms with Gasteiger partial charge in [0.2, 0.25) is 0 Å². The van der Waals surface area contributed by atoms with Crippen LogP contribution in [0.1, 0.15) is 0 Å². The lowest BCUT2D eigenvalue weighted by atomic mass is 10.3. The first kappa shape index (κ1) is 16.3. The molecule has 20 heavy (non-hydrogen) atoms. The van der Waals surface area contributed by atoms with E-state index in [2.05, 4.69) is 52.5 Å². The number of sulfonamides is 1. The summed E-state index contributed by atoms with van der Waals surface area (Å²) in [5.41, 5.74) is 0.418. The quantitative estimate of drug-likeness (QED) is 0.606. The van der Waals surface area contributed by atoms with Gasteiger partial charge < -0.3 is 0 Å². The number of hydrogen-bond donors (Lipinski definition) is 1. The Kier molecular flexibility index (Phi) is 5.18. The lowest BCUT2D eigenvalue weighted by Gasteiger charge is -2.11. The Labute approximate surface area is 147 Å². The molecule has 0 unspecified atom stereocenters. The zero-order valence-electron chi connectivity index (χ0n) is 9.70. The van der Waals surface area contributed by atoms with Gasteiger partial charge in [-0.15, -0.1) is 0 Å². The van der Waals surface area contributed by atoms with Crippen LogP contribution in [0.3, 0.4) is 0 Å². The fourth-order valence-electron chi connectivity index (χ4n) is 1.46. The molecule has 0 saturated carbocycles. The van der Waals surface area contributed by atoms with Crippen LogP contribution in [-0.2, 0) is 10.0 Å². The average molecular weight is 504 g/mol. The summed E-state index contributed by atoms with van der Waals surface area (Å²) in [4.78, 5) is 0.147. The van der Waals surface area contributed by atoms with Gasteiger partial charge in [-0.05, 0) is 68.3 Å². The van der Waals surface area contributed by atoms with E-state index in [4.69, 9.17) is 11.6 Å². The van der Waals surface area contributed by atoms with Gasteiger partial charge in [0.25, 0.3) is 10.0 Å². The van der Waals surface area contributed by atoms with Crippen molar-refractivity contribution in [2.45, 2.75) is 4.90 Å². The summed E-state index contributed by atoms with van der Waals surface area (Å²) in [5.74, 6) is 0. The molecule has 0 aliphatic carbocycles. The Morgan fingerprint density at radius 1 is 0.950 bits per heavy atom. The lowest BCUT2D eigenvalue weighted by Crippen LogP contribution is -2.14. The van der Waals surface area contributed by atoms with Crippen LogP contribution in [0.5, 0.6) is 0 Å². The molecule has 0 spiro atoms. The maximum Gasteiger partial charge on any atom is 0.263 e. The first-order chi connectivity index (χ1) is 9.29. The van der Waals surface area contributed by atoms with E-state index in [0.717, 1.165) is 0 Å². The first-order valence-electron chi connectivity index (χ1n) is 5.22. The van der Waals surface area contributed by atoms with Crippen molar-refractivity contribution >= 4 is 75.1 Å². The summed E-state index contributed by atoms with van der Waals surface area (Å²) in [6, 6.07) is 9.76. The van der Waals surface area contributed by atoms with Crippen LogP contribution in [0.15, 0.2) is 54.7 Å². The number of anilines is 1. The van der Waals surface area contributed by atoms with E-state index in [1.54, 1.807) is 30.3 Å². The van der Waals surface area contributed by atoms with Crippen molar-refractivity contribution in [3.63, 3.8) is 0 Å². The van der Waals surface area contributed by atoms with Crippen LogP contribution in [0.4, 0.5) is 5.69 Å². The molecule has 0 atom stereocenters. The Bertz CT molecular complexity index is 765. The Morgan fingerprint density at radius 2 is 1.65 bits per heavy atom. The molecule has 2 aromatic rings. The average Bonchev–Trinajstić information content (AvgIpc) is 2.35. The molecule has 0 heterocycles. The van der Waals surface area contributed by atoms with E-state index in [0.29, 0.717) is 24.1 Å². The van der Waals surface area contributed by atoms with Crippen LogP contribution in [-0.4, -0.2) is 8.42 Å². The van der Waals surface area contributed by atoms with Gasteiger partial charge in [-0.25, -0.2) is 8.42 Å². The number of rotatable bonds is 3. The number of nitrogens with one attached hydrogen (secondary N) is 1. The van der Waals surface area contributed by atoms with Gasteiger partial charge in [-0.1, -0.05) is 27.5 Å². The summed E-state index contributed by atoms with van der Waals surface area (Å²) in [6.45, 7) is 0. The second-order valence-corrected chi connectivity index (χ2v) is 8.52. The van der Waals surface area contributed by atoms with E-state index in [-0.39, 0.29) is 4.90 Å². The minimum absolute atomic E-state index is 0.147. The normalized spacial score (nSPS) is 11.4. The smallest absolute Gasteiger partial charge is 0.263 e. The van der Waals surface area contributed by atoms with Crippen LogP contribution in [0.25, 0.3) is 0 Å². The topological polar surface area (TPSA) is 46.2 Å². The van der Waals surface area contributed by atoms with Crippen LogP contribution in [0, 0.1) is 0 Å². The molecule has 0 radical (unpaired) electrons. The summed E-state index contributed by atoms with van der Waals surface area (Å²) < 4.78 is 29.0. The number of benzene rings is 2. The monoisotopic (exact) mass is 501 g/mol. The molecule has 0 saturated heterocycles. The lowest BCUT2D eigenvalue weighted by molar-refractivity contribution is 0.600. The van der Waals surface area contributed by atoms with Crippen molar-refractivity contribution in [3.8, 4) is 0 Å². The third-order valence-electron chi connectivity index (χ3n) is 2.36. The van der Waals surface area contributed by atoms with Crippen molar-refractivity contribution in [1.82, 2.24) is 0 Å². The van der Waals surface area contributed by atoms with Crippen molar-refractivity contribution in [2.24, 2.45) is 0 Å². The second-order valence-electron chi connectivity index (χ2n) is 3.80. The molecule has 1 N–H and O–H groups in total. The molecule has 0 aliphatic heterocycles. The minimum Gasteiger partial charge on any atom is -0.278 e. The van der Waals surface area contributed by atoms with Crippen LogP contribution < -0.4 is 4.72 Å². The highest BCUT2D eigenvalue weighted by atomic mass is 79.9. The highest BCUT2D eigenvalue weighted by molar-refractivity contribution is 9.11. The zero-order valence-corrected chi connectivity index (χ0v) is 16.0. The molecular formula is C12H7Br3ClNO2S. The molecule has 0 aromatic heterocycles. The Hall–Kier alpha value is -0.0800. The number of hydrogen-bond acceptors (Lipinski definition) is 2. The largest absolute Gasteiger partial charge is 0.278 e. The molecule has 0 bridgehead atoms. The van der Waals surface area contributed by atoms with Crippen molar-refractivity contribution < 1.29 is 8.42 Å². The van der Waals surface area contributed by atoms with E-state index < -0.39 is 10.0 Å². The van der Waals surface area contributed by atoms with Crippen molar-refractivity contribution in [2.75, 3.05) is 4.72 Å². The van der Waals surface area contributed by atoms with Gasteiger partial charge in [0.1, 0.15) is 4.90 Å². The number of halogens is 4. The van der Waals surface area contributed by atoms with Crippen LogP contribution in [0.2, 0.25) is 5.02 Å². The molecule has 2 rings (SSSR count). The molecule has 2 aromatic carbocycles. The predicted octanol–water partition coefficient (Wildman–Crippen LogP) is 5.43. The Balaban J connectivity index is 2.43. The van der Waals surface area contributed by atoms with Crippen molar-refractivity contribution in [1.29, 1.82) is 0 Å². The summed E-state index contributed by atoms with van der Waals surface area (Å²) >= 11 is 15.6. The molecule has 0 aliphatic rings. The summed E-state index contributed by atoms with van der Waals surface area (Å²) in [5, 5.41) is 0.517. The molecule has 0 fully saturated rings. The molecular weight excluding hydrogens is 497 g/mol. The molecule has 106 valence electrons. The zero-order chi connectivity index (χ0) is 14.9. The predicted molar refractivity (Wildman–Crippen MR) is 91.8 cm³/mol. The highest BCUT2D eigenvalue weighted by Crippen LogP contribution is 2.31. The fourth-order valence-corrected chi connectivity index (χ4v) is 4.95. The van der Waals surface area contributed by atoms with E-state index in [1.807, 2.05) is 0 Å². The molecule has 8 heteroatoms. The molecule has 3 nitrogen and oxygen atoms in total. The van der Waals surface area contributed by atoms with E-state index >= 15 is 0 Å². The van der Waals surface area contributed by atoms with E-state index in [1.165, 1.54) is 6.07 Å². The summed E-state index contributed by atoms with van der Waals surface area (Å²) in [7, 11) is -3.70. The van der Waals surface area contributed by atoms with Crippen molar-refractivity contribution in [3.05, 3.63) is 54.8 Å². The second kappa shape index (κ2) is 6.36. The van der Waals surface area contributed by atoms with Gasteiger partial charge in [-0.3, -0.25) is 4.72 Å². The maximum atomic E-state index is 12.4. The maximum absolute atomic E-state index is 12.4. The fraction of sp³-hybridized carbons (Fsp3) is 0. The highest BCUT2D eigenvalue weighted by Gasteiger charge is 2.19. The van der Waals surface area contributed by atoms with Crippen LogP contribution >= 0.6 is 59.4 Å². The summed E-state index contributed by atoms with van der Waals surface area (Å²) in [6.07, 6.45) is 0. The third-order valence-corrected chi connectivity index (χ3v) is 6.10. The van der Waals surface area contributed by atoms with Gasteiger partial charge in [0.05, 0.1) is 5.69 Å². The minimum atomic E-state index is -3.70. The Morgan fingerprint density at radius 3 is 2.30 bits per heavy atom. The van der Waals surface area contributed by atoms with E-state index in [9.17, 15) is 8.42 Å². The van der Waals surface area contributed by atoms with Gasteiger partial charge in [0, 0.05) is 18.4 Å². The third kappa shape index (κ3) is 3.76. The SMILES string of the molecule is O=S(=O)(Nc1ccc(Cl)cc1Br)c1cc(Br)ccc1Br. The first-order valence-corrected chi connectivity index (χ1v) is 9.46.